The van der Waals surface area contributed by atoms with Crippen molar-refractivity contribution in [3.63, 3.8) is 0 Å². The number of allylic oxidation sites excluding steroid dienone is 1. The van der Waals surface area contributed by atoms with Gasteiger partial charge in [-0.1, -0.05) is 48.5 Å². The molecule has 0 bridgehead atoms. The van der Waals surface area contributed by atoms with Crippen molar-refractivity contribution in [1.82, 2.24) is 9.78 Å². The van der Waals surface area contributed by atoms with Crippen LogP contribution in [0.25, 0.3) is 23.0 Å². The van der Waals surface area contributed by atoms with Gasteiger partial charge in [0.25, 0.3) is 0 Å². The molecule has 1 aliphatic heterocycles. The second-order valence-corrected chi connectivity index (χ2v) is 6.84. The fraction of sp³-hybridized carbons (Fsp3) is 0.0400. The summed E-state index contributed by atoms with van der Waals surface area (Å²) in [5, 5.41) is 4.77. The van der Waals surface area contributed by atoms with Gasteiger partial charge in [-0.25, -0.2) is 4.68 Å². The molecule has 0 amide bonds. The Hall–Kier alpha value is -4.12. The first-order valence-electron chi connectivity index (χ1n) is 9.60. The lowest BCUT2D eigenvalue weighted by Gasteiger charge is -2.00. The van der Waals surface area contributed by atoms with Gasteiger partial charge in [-0.05, 0) is 42.5 Å². The van der Waals surface area contributed by atoms with Crippen LogP contribution in [0.1, 0.15) is 15.9 Å². The van der Waals surface area contributed by atoms with Gasteiger partial charge in [0.15, 0.2) is 17.3 Å². The molecule has 0 radical (unpaired) electrons. The van der Waals surface area contributed by atoms with Gasteiger partial charge in [-0.3, -0.25) is 4.79 Å². The molecule has 4 aromatic rings. The number of aromatic nitrogens is 2. The van der Waals surface area contributed by atoms with Crippen molar-refractivity contribution in [3.05, 3.63) is 102 Å². The van der Waals surface area contributed by atoms with Gasteiger partial charge >= 0.3 is 0 Å². The summed E-state index contributed by atoms with van der Waals surface area (Å²) in [5.74, 6) is 1.14. The Bertz CT molecular complexity index is 1230. The SMILES string of the molecule is O=C(/C=C/c1cn(-c2ccccc2)nc1-c1ccccc1)c1ccc2c(c1)OCO2. The van der Waals surface area contributed by atoms with E-state index in [1.807, 2.05) is 77.6 Å². The Balaban J connectivity index is 1.49. The zero-order valence-corrected chi connectivity index (χ0v) is 16.1. The molecule has 5 nitrogen and oxygen atoms in total. The highest BCUT2D eigenvalue weighted by molar-refractivity contribution is 6.07. The largest absolute Gasteiger partial charge is 0.454 e. The summed E-state index contributed by atoms with van der Waals surface area (Å²) >= 11 is 0. The number of rotatable bonds is 5. The van der Waals surface area contributed by atoms with E-state index >= 15 is 0 Å². The van der Waals surface area contributed by atoms with Crippen molar-refractivity contribution in [2.75, 3.05) is 6.79 Å². The van der Waals surface area contributed by atoms with E-state index in [2.05, 4.69) is 0 Å². The number of para-hydroxylation sites is 1. The average Bonchev–Trinajstić information content (AvgIpc) is 3.45. The van der Waals surface area contributed by atoms with Gasteiger partial charge in [0.05, 0.1) is 11.4 Å². The van der Waals surface area contributed by atoms with Gasteiger partial charge in [-0.2, -0.15) is 5.10 Å². The molecule has 0 spiro atoms. The van der Waals surface area contributed by atoms with E-state index in [1.165, 1.54) is 0 Å². The van der Waals surface area contributed by atoms with Crippen LogP contribution < -0.4 is 9.47 Å². The van der Waals surface area contributed by atoms with Crippen LogP contribution in [0.3, 0.4) is 0 Å². The number of hydrogen-bond donors (Lipinski definition) is 0. The lowest BCUT2D eigenvalue weighted by Crippen LogP contribution is -1.94. The molecule has 1 aliphatic rings. The van der Waals surface area contributed by atoms with Crippen LogP contribution in [-0.2, 0) is 0 Å². The Morgan fingerprint density at radius 3 is 2.43 bits per heavy atom. The lowest BCUT2D eigenvalue weighted by atomic mass is 10.1. The van der Waals surface area contributed by atoms with Crippen LogP contribution in [0, 0.1) is 0 Å². The van der Waals surface area contributed by atoms with Gasteiger partial charge in [-0.15, -0.1) is 0 Å². The number of benzene rings is 3. The fourth-order valence-corrected chi connectivity index (χ4v) is 3.35. The minimum absolute atomic E-state index is 0.111. The molecular formula is C25H18N2O3. The summed E-state index contributed by atoms with van der Waals surface area (Å²) in [6.07, 6.45) is 5.30. The molecule has 0 saturated carbocycles. The van der Waals surface area contributed by atoms with Crippen LogP contribution in [0.15, 0.2) is 91.1 Å². The van der Waals surface area contributed by atoms with Gasteiger partial charge in [0.1, 0.15) is 0 Å². The summed E-state index contributed by atoms with van der Waals surface area (Å²) in [6, 6.07) is 25.0. The quantitative estimate of drug-likeness (QED) is 0.346. The highest BCUT2D eigenvalue weighted by Crippen LogP contribution is 2.33. The third-order valence-corrected chi connectivity index (χ3v) is 4.88. The smallest absolute Gasteiger partial charge is 0.231 e. The van der Waals surface area contributed by atoms with E-state index in [9.17, 15) is 4.79 Å². The van der Waals surface area contributed by atoms with Crippen molar-refractivity contribution in [3.8, 4) is 28.4 Å². The van der Waals surface area contributed by atoms with Crippen molar-refractivity contribution >= 4 is 11.9 Å². The van der Waals surface area contributed by atoms with E-state index in [1.54, 1.807) is 24.3 Å². The maximum Gasteiger partial charge on any atom is 0.231 e. The standard InChI is InChI=1S/C25H18N2O3/c28-22(19-12-14-23-24(15-19)30-17-29-23)13-11-20-16-27(21-9-5-2-6-10-21)26-25(20)18-7-3-1-4-8-18/h1-16H,17H2/b13-11+. The lowest BCUT2D eigenvalue weighted by molar-refractivity contribution is 0.104. The van der Waals surface area contributed by atoms with E-state index < -0.39 is 0 Å². The van der Waals surface area contributed by atoms with E-state index in [-0.39, 0.29) is 12.6 Å². The Morgan fingerprint density at radius 2 is 1.63 bits per heavy atom. The summed E-state index contributed by atoms with van der Waals surface area (Å²) in [7, 11) is 0. The molecular weight excluding hydrogens is 376 g/mol. The number of nitrogens with zero attached hydrogens (tertiary/aromatic N) is 2. The number of ether oxygens (including phenoxy) is 2. The van der Waals surface area contributed by atoms with Gasteiger partial charge in [0, 0.05) is 22.9 Å². The second kappa shape index (κ2) is 7.72. The number of carbonyl (C=O) groups is 1. The molecule has 146 valence electrons. The van der Waals surface area contributed by atoms with Crippen LogP contribution in [-0.4, -0.2) is 22.4 Å². The molecule has 30 heavy (non-hydrogen) atoms. The maximum atomic E-state index is 12.7. The normalized spacial score (nSPS) is 12.4. The Kier molecular flexibility index (Phi) is 4.62. The molecule has 0 fully saturated rings. The van der Waals surface area contributed by atoms with Crippen LogP contribution in [0.2, 0.25) is 0 Å². The van der Waals surface area contributed by atoms with Crippen molar-refractivity contribution < 1.29 is 14.3 Å². The minimum Gasteiger partial charge on any atom is -0.454 e. The molecule has 1 aromatic heterocycles. The third kappa shape index (κ3) is 3.49. The highest BCUT2D eigenvalue weighted by Gasteiger charge is 2.16. The molecule has 0 unspecified atom stereocenters. The predicted octanol–water partition coefficient (Wildman–Crippen LogP) is 5.16. The second-order valence-electron chi connectivity index (χ2n) is 6.84. The minimum atomic E-state index is -0.111. The summed E-state index contributed by atoms with van der Waals surface area (Å²) in [4.78, 5) is 12.7. The predicted molar refractivity (Wildman–Crippen MR) is 115 cm³/mol. The van der Waals surface area contributed by atoms with Crippen LogP contribution >= 0.6 is 0 Å². The fourth-order valence-electron chi connectivity index (χ4n) is 3.35. The first kappa shape index (κ1) is 17.9. The first-order chi connectivity index (χ1) is 14.8. The number of carbonyl (C=O) groups excluding carboxylic acids is 1. The van der Waals surface area contributed by atoms with E-state index in [4.69, 9.17) is 14.6 Å². The van der Waals surface area contributed by atoms with Crippen molar-refractivity contribution in [2.45, 2.75) is 0 Å². The third-order valence-electron chi connectivity index (χ3n) is 4.88. The van der Waals surface area contributed by atoms with Crippen LogP contribution in [0.4, 0.5) is 0 Å². The number of ketones is 1. The number of fused-ring (bicyclic) bond motifs is 1. The van der Waals surface area contributed by atoms with E-state index in [0.29, 0.717) is 17.1 Å². The van der Waals surface area contributed by atoms with E-state index in [0.717, 1.165) is 22.5 Å². The molecule has 5 heteroatoms. The molecule has 2 heterocycles. The summed E-state index contributed by atoms with van der Waals surface area (Å²) < 4.78 is 12.5. The maximum absolute atomic E-state index is 12.7. The highest BCUT2D eigenvalue weighted by atomic mass is 16.7. The monoisotopic (exact) mass is 394 g/mol. The van der Waals surface area contributed by atoms with Gasteiger partial charge < -0.3 is 9.47 Å². The number of hydrogen-bond acceptors (Lipinski definition) is 4. The van der Waals surface area contributed by atoms with Gasteiger partial charge in [0.2, 0.25) is 6.79 Å². The molecule has 5 rings (SSSR count). The summed E-state index contributed by atoms with van der Waals surface area (Å²) in [5.41, 5.74) is 4.17. The van der Waals surface area contributed by atoms with Crippen LogP contribution in [0.5, 0.6) is 11.5 Å². The van der Waals surface area contributed by atoms with Crippen molar-refractivity contribution in [1.29, 1.82) is 0 Å². The molecule has 0 saturated heterocycles. The molecule has 0 N–H and O–H groups in total. The topological polar surface area (TPSA) is 53.4 Å². The molecule has 3 aromatic carbocycles. The average molecular weight is 394 g/mol. The molecule has 0 aliphatic carbocycles. The zero-order chi connectivity index (χ0) is 20.3. The first-order valence-corrected chi connectivity index (χ1v) is 9.60. The van der Waals surface area contributed by atoms with Crippen molar-refractivity contribution in [2.24, 2.45) is 0 Å². The Morgan fingerprint density at radius 1 is 0.900 bits per heavy atom. The molecule has 0 atom stereocenters. The summed E-state index contributed by atoms with van der Waals surface area (Å²) in [6.45, 7) is 0.182. The zero-order valence-electron chi connectivity index (χ0n) is 16.1. The Labute approximate surface area is 173 Å².